The maximum atomic E-state index is 11.8. The molecule has 1 aliphatic carbocycles. The van der Waals surface area contributed by atoms with Gasteiger partial charge in [0.1, 0.15) is 5.60 Å². The zero-order valence-electron chi connectivity index (χ0n) is 11.7. The first-order valence-electron chi connectivity index (χ1n) is 7.11. The van der Waals surface area contributed by atoms with Crippen molar-refractivity contribution >= 4 is 6.09 Å². The number of piperidine rings is 1. The van der Waals surface area contributed by atoms with Crippen molar-refractivity contribution in [2.45, 2.75) is 32.8 Å². The van der Waals surface area contributed by atoms with Gasteiger partial charge in [-0.3, -0.25) is 0 Å². The second-order valence-corrected chi connectivity index (χ2v) is 7.23. The molecule has 0 spiro atoms. The third kappa shape index (κ3) is 2.63. The van der Waals surface area contributed by atoms with E-state index in [1.807, 2.05) is 25.7 Å². The molecule has 0 N–H and O–H groups in total. The zero-order chi connectivity index (χ0) is 12.9. The molecule has 0 radical (unpaired) electrons. The summed E-state index contributed by atoms with van der Waals surface area (Å²) in [5.74, 6) is 2.68. The number of carbonyl (C=O) groups is 1. The van der Waals surface area contributed by atoms with Crippen LogP contribution in [-0.2, 0) is 4.74 Å². The minimum Gasteiger partial charge on any atom is -0.444 e. The SMILES string of the molecule is CC(C)(C)OC(=O)N1CC(CN2CC3CC3C2)C1. The average Bonchev–Trinajstić information content (AvgIpc) is 2.76. The Hall–Kier alpha value is -0.770. The van der Waals surface area contributed by atoms with Gasteiger partial charge in [0.2, 0.25) is 0 Å². The average molecular weight is 252 g/mol. The first-order chi connectivity index (χ1) is 8.40. The molecule has 18 heavy (non-hydrogen) atoms. The molecule has 0 aromatic rings. The van der Waals surface area contributed by atoms with Crippen LogP contribution in [0.25, 0.3) is 0 Å². The molecule has 4 nitrogen and oxygen atoms in total. The van der Waals surface area contributed by atoms with Crippen molar-refractivity contribution in [2.24, 2.45) is 17.8 Å². The van der Waals surface area contributed by atoms with Gasteiger partial charge in [0, 0.05) is 38.6 Å². The van der Waals surface area contributed by atoms with Crippen molar-refractivity contribution in [2.75, 3.05) is 32.7 Å². The van der Waals surface area contributed by atoms with E-state index >= 15 is 0 Å². The predicted octanol–water partition coefficient (Wildman–Crippen LogP) is 1.81. The Balaban J connectivity index is 1.36. The normalized spacial score (nSPS) is 32.1. The van der Waals surface area contributed by atoms with Crippen LogP contribution in [0.1, 0.15) is 27.2 Å². The van der Waals surface area contributed by atoms with Crippen molar-refractivity contribution in [3.8, 4) is 0 Å². The lowest BCUT2D eigenvalue weighted by atomic mass is 10.0. The van der Waals surface area contributed by atoms with Gasteiger partial charge >= 0.3 is 6.09 Å². The first kappa shape index (κ1) is 12.3. The van der Waals surface area contributed by atoms with Gasteiger partial charge in [-0.1, -0.05) is 0 Å². The number of nitrogens with zero attached hydrogens (tertiary/aromatic N) is 2. The van der Waals surface area contributed by atoms with Gasteiger partial charge in [-0.15, -0.1) is 0 Å². The third-order valence-electron chi connectivity index (χ3n) is 4.18. The second-order valence-electron chi connectivity index (χ2n) is 7.23. The number of likely N-dealkylation sites (tertiary alicyclic amines) is 2. The minimum atomic E-state index is -0.377. The Kier molecular flexibility index (Phi) is 2.81. The fourth-order valence-electron chi connectivity index (χ4n) is 3.17. The highest BCUT2D eigenvalue weighted by Crippen LogP contribution is 2.45. The van der Waals surface area contributed by atoms with Crippen molar-refractivity contribution in [3.05, 3.63) is 0 Å². The maximum absolute atomic E-state index is 11.8. The topological polar surface area (TPSA) is 32.8 Å². The van der Waals surface area contributed by atoms with Crippen LogP contribution >= 0.6 is 0 Å². The molecule has 2 aliphatic heterocycles. The molecule has 2 unspecified atom stereocenters. The quantitative estimate of drug-likeness (QED) is 0.751. The number of hydrogen-bond donors (Lipinski definition) is 0. The van der Waals surface area contributed by atoms with Crippen LogP contribution in [0.15, 0.2) is 0 Å². The largest absolute Gasteiger partial charge is 0.444 e. The zero-order valence-corrected chi connectivity index (χ0v) is 11.7. The molecule has 102 valence electrons. The lowest BCUT2D eigenvalue weighted by molar-refractivity contribution is -0.00576. The fraction of sp³-hybridized carbons (Fsp3) is 0.929. The van der Waals surface area contributed by atoms with Gasteiger partial charge in [-0.25, -0.2) is 4.79 Å². The monoisotopic (exact) mass is 252 g/mol. The number of amides is 1. The van der Waals surface area contributed by atoms with Crippen LogP contribution in [-0.4, -0.2) is 54.2 Å². The van der Waals surface area contributed by atoms with Gasteiger partial charge in [-0.05, 0) is 39.0 Å². The predicted molar refractivity (Wildman–Crippen MR) is 69.3 cm³/mol. The van der Waals surface area contributed by atoms with Crippen molar-refractivity contribution in [3.63, 3.8) is 0 Å². The number of ether oxygens (including phenoxy) is 1. The van der Waals surface area contributed by atoms with E-state index in [4.69, 9.17) is 4.74 Å². The molecule has 2 heterocycles. The summed E-state index contributed by atoms with van der Waals surface area (Å²) in [4.78, 5) is 16.2. The molecule has 1 saturated carbocycles. The first-order valence-corrected chi connectivity index (χ1v) is 7.11. The molecular weight excluding hydrogens is 228 g/mol. The molecule has 3 aliphatic rings. The highest BCUT2D eigenvalue weighted by molar-refractivity contribution is 5.69. The van der Waals surface area contributed by atoms with Gasteiger partial charge in [-0.2, -0.15) is 0 Å². The van der Waals surface area contributed by atoms with Crippen LogP contribution < -0.4 is 0 Å². The van der Waals surface area contributed by atoms with E-state index in [9.17, 15) is 4.79 Å². The lowest BCUT2D eigenvalue weighted by Gasteiger charge is -2.41. The summed E-state index contributed by atoms with van der Waals surface area (Å²) < 4.78 is 5.36. The molecule has 1 amide bonds. The Morgan fingerprint density at radius 2 is 1.78 bits per heavy atom. The molecule has 2 saturated heterocycles. The summed E-state index contributed by atoms with van der Waals surface area (Å²) in [6.45, 7) is 11.3. The van der Waals surface area contributed by atoms with Crippen LogP contribution in [0.4, 0.5) is 4.79 Å². The fourth-order valence-corrected chi connectivity index (χ4v) is 3.17. The summed E-state index contributed by atoms with van der Waals surface area (Å²) in [6, 6.07) is 0. The Labute approximate surface area is 109 Å². The Morgan fingerprint density at radius 1 is 1.17 bits per heavy atom. The molecule has 0 bridgehead atoms. The van der Waals surface area contributed by atoms with E-state index < -0.39 is 0 Å². The van der Waals surface area contributed by atoms with E-state index in [-0.39, 0.29) is 11.7 Å². The third-order valence-corrected chi connectivity index (χ3v) is 4.18. The van der Waals surface area contributed by atoms with Crippen LogP contribution in [0, 0.1) is 17.8 Å². The summed E-state index contributed by atoms with van der Waals surface area (Å²) in [7, 11) is 0. The van der Waals surface area contributed by atoms with E-state index in [2.05, 4.69) is 4.90 Å². The van der Waals surface area contributed by atoms with E-state index in [1.165, 1.54) is 26.1 Å². The Bertz CT molecular complexity index is 334. The lowest BCUT2D eigenvalue weighted by Crippen LogP contribution is -2.54. The molecule has 0 aromatic heterocycles. The standard InChI is InChI=1S/C14H24N2O2/c1-14(2,3)18-13(17)16-6-10(7-16)5-15-8-11-4-12(11)9-15/h10-12H,4-9H2,1-3H3. The number of fused-ring (bicyclic) bond motifs is 1. The van der Waals surface area contributed by atoms with E-state index in [1.54, 1.807) is 0 Å². The number of rotatable bonds is 2. The van der Waals surface area contributed by atoms with Gasteiger partial charge < -0.3 is 14.5 Å². The maximum Gasteiger partial charge on any atom is 0.410 e. The molecule has 4 heteroatoms. The van der Waals surface area contributed by atoms with Crippen LogP contribution in [0.2, 0.25) is 0 Å². The molecule has 0 aromatic carbocycles. The molecular formula is C14H24N2O2. The summed E-state index contributed by atoms with van der Waals surface area (Å²) in [6.07, 6.45) is 1.31. The smallest absolute Gasteiger partial charge is 0.410 e. The summed E-state index contributed by atoms with van der Waals surface area (Å²) in [5.41, 5.74) is -0.377. The second kappa shape index (κ2) is 4.12. The van der Waals surface area contributed by atoms with Gasteiger partial charge in [0.25, 0.3) is 0 Å². The van der Waals surface area contributed by atoms with Gasteiger partial charge in [0.05, 0.1) is 0 Å². The van der Waals surface area contributed by atoms with Crippen molar-refractivity contribution < 1.29 is 9.53 Å². The highest BCUT2D eigenvalue weighted by Gasteiger charge is 2.46. The minimum absolute atomic E-state index is 0.150. The highest BCUT2D eigenvalue weighted by atomic mass is 16.6. The summed E-state index contributed by atoms with van der Waals surface area (Å²) >= 11 is 0. The Morgan fingerprint density at radius 3 is 2.33 bits per heavy atom. The summed E-state index contributed by atoms with van der Waals surface area (Å²) in [5, 5.41) is 0. The molecule has 3 rings (SSSR count). The van der Waals surface area contributed by atoms with Gasteiger partial charge in [0.15, 0.2) is 0 Å². The number of hydrogen-bond acceptors (Lipinski definition) is 3. The van der Waals surface area contributed by atoms with E-state index in [0.717, 1.165) is 24.9 Å². The van der Waals surface area contributed by atoms with Crippen molar-refractivity contribution in [1.82, 2.24) is 9.80 Å². The molecule has 2 atom stereocenters. The van der Waals surface area contributed by atoms with E-state index in [0.29, 0.717) is 5.92 Å². The van der Waals surface area contributed by atoms with Crippen LogP contribution in [0.5, 0.6) is 0 Å². The van der Waals surface area contributed by atoms with Crippen molar-refractivity contribution in [1.29, 1.82) is 0 Å². The molecule has 3 fully saturated rings. The number of carbonyl (C=O) groups excluding carboxylic acids is 1. The van der Waals surface area contributed by atoms with Crippen LogP contribution in [0.3, 0.4) is 0 Å².